The predicted octanol–water partition coefficient (Wildman–Crippen LogP) is 2.09. The van der Waals surface area contributed by atoms with Gasteiger partial charge in [0.1, 0.15) is 5.75 Å². The van der Waals surface area contributed by atoms with E-state index in [4.69, 9.17) is 22.1 Å². The SMILES string of the molecule is CCCNCc1ccc(OCCC(N)=O)c(Cl)c1. The van der Waals surface area contributed by atoms with Crippen molar-refractivity contribution in [2.24, 2.45) is 5.73 Å². The van der Waals surface area contributed by atoms with Gasteiger partial charge < -0.3 is 15.8 Å². The van der Waals surface area contributed by atoms with E-state index in [1.807, 2.05) is 18.2 Å². The van der Waals surface area contributed by atoms with Crippen molar-refractivity contribution in [1.29, 1.82) is 0 Å². The lowest BCUT2D eigenvalue weighted by Gasteiger charge is -2.09. The van der Waals surface area contributed by atoms with Gasteiger partial charge in [0.05, 0.1) is 18.1 Å². The van der Waals surface area contributed by atoms with E-state index in [1.54, 1.807) is 0 Å². The Morgan fingerprint density at radius 3 is 2.89 bits per heavy atom. The van der Waals surface area contributed by atoms with Crippen LogP contribution in [0.5, 0.6) is 5.75 Å². The average Bonchev–Trinajstić information content (AvgIpc) is 2.32. The molecular weight excluding hydrogens is 252 g/mol. The zero-order valence-corrected chi connectivity index (χ0v) is 11.3. The normalized spacial score (nSPS) is 10.3. The summed E-state index contributed by atoms with van der Waals surface area (Å²) in [6.45, 7) is 4.14. The minimum atomic E-state index is -0.383. The summed E-state index contributed by atoms with van der Waals surface area (Å²) in [6.07, 6.45) is 1.29. The topological polar surface area (TPSA) is 64.3 Å². The highest BCUT2D eigenvalue weighted by molar-refractivity contribution is 6.32. The van der Waals surface area contributed by atoms with E-state index < -0.39 is 0 Å². The first-order valence-electron chi connectivity index (χ1n) is 6.03. The number of nitrogens with one attached hydrogen (secondary N) is 1. The minimum Gasteiger partial charge on any atom is -0.491 e. The zero-order chi connectivity index (χ0) is 13.4. The van der Waals surface area contributed by atoms with Crippen molar-refractivity contribution in [1.82, 2.24) is 5.32 Å². The molecule has 100 valence electrons. The second kappa shape index (κ2) is 7.95. The molecule has 1 aromatic carbocycles. The van der Waals surface area contributed by atoms with Crippen LogP contribution in [0.2, 0.25) is 5.02 Å². The molecule has 5 heteroatoms. The second-order valence-electron chi connectivity index (χ2n) is 4.01. The molecule has 0 spiro atoms. The number of halogens is 1. The molecule has 0 saturated heterocycles. The lowest BCUT2D eigenvalue weighted by molar-refractivity contribution is -0.118. The molecule has 3 N–H and O–H groups in total. The van der Waals surface area contributed by atoms with Gasteiger partial charge in [0.15, 0.2) is 0 Å². The number of amides is 1. The molecule has 0 aromatic heterocycles. The summed E-state index contributed by atoms with van der Waals surface area (Å²) < 4.78 is 5.38. The monoisotopic (exact) mass is 270 g/mol. The van der Waals surface area contributed by atoms with Gasteiger partial charge in [-0.25, -0.2) is 0 Å². The lowest BCUT2D eigenvalue weighted by atomic mass is 10.2. The molecule has 0 fully saturated rings. The van der Waals surface area contributed by atoms with Crippen LogP contribution in [-0.4, -0.2) is 19.1 Å². The molecule has 0 aliphatic carbocycles. The lowest BCUT2D eigenvalue weighted by Crippen LogP contribution is -2.15. The molecule has 0 unspecified atom stereocenters. The predicted molar refractivity (Wildman–Crippen MR) is 72.8 cm³/mol. The van der Waals surface area contributed by atoms with Crippen LogP contribution in [0.4, 0.5) is 0 Å². The van der Waals surface area contributed by atoms with Crippen molar-refractivity contribution in [2.75, 3.05) is 13.2 Å². The van der Waals surface area contributed by atoms with E-state index in [2.05, 4.69) is 12.2 Å². The van der Waals surface area contributed by atoms with Crippen LogP contribution in [0.1, 0.15) is 25.3 Å². The van der Waals surface area contributed by atoms with E-state index in [0.29, 0.717) is 10.8 Å². The van der Waals surface area contributed by atoms with Gasteiger partial charge in [-0.1, -0.05) is 24.6 Å². The van der Waals surface area contributed by atoms with Crippen molar-refractivity contribution in [3.63, 3.8) is 0 Å². The van der Waals surface area contributed by atoms with Gasteiger partial charge >= 0.3 is 0 Å². The van der Waals surface area contributed by atoms with Crippen LogP contribution in [0.15, 0.2) is 18.2 Å². The fourth-order valence-corrected chi connectivity index (χ4v) is 1.70. The quantitative estimate of drug-likeness (QED) is 0.711. The van der Waals surface area contributed by atoms with E-state index in [0.717, 1.165) is 25.1 Å². The number of nitrogens with two attached hydrogens (primary N) is 1. The largest absolute Gasteiger partial charge is 0.491 e. The Hall–Kier alpha value is -1.26. The van der Waals surface area contributed by atoms with Gasteiger partial charge in [0.2, 0.25) is 5.91 Å². The Bertz CT molecular complexity index is 397. The maximum Gasteiger partial charge on any atom is 0.220 e. The summed E-state index contributed by atoms with van der Waals surface area (Å²) in [5.41, 5.74) is 6.13. The molecule has 0 aliphatic heterocycles. The summed E-state index contributed by atoms with van der Waals surface area (Å²) in [6, 6.07) is 5.63. The number of primary amides is 1. The number of hydrogen-bond donors (Lipinski definition) is 2. The van der Waals surface area contributed by atoms with Crippen LogP contribution in [-0.2, 0) is 11.3 Å². The third-order valence-corrected chi connectivity index (χ3v) is 2.65. The van der Waals surface area contributed by atoms with Crippen LogP contribution >= 0.6 is 11.6 Å². The maximum atomic E-state index is 10.6. The summed E-state index contributed by atoms with van der Waals surface area (Å²) in [5.74, 6) is 0.198. The molecular formula is C13H19ClN2O2. The third kappa shape index (κ3) is 5.38. The Morgan fingerprint density at radius 2 is 2.28 bits per heavy atom. The number of carbonyl (C=O) groups excluding carboxylic acids is 1. The van der Waals surface area contributed by atoms with Gasteiger partial charge in [0, 0.05) is 6.54 Å². The molecule has 0 aliphatic rings. The Balaban J connectivity index is 2.48. The molecule has 0 heterocycles. The van der Waals surface area contributed by atoms with Gasteiger partial charge in [-0.05, 0) is 30.7 Å². The fraction of sp³-hybridized carbons (Fsp3) is 0.462. The highest BCUT2D eigenvalue weighted by atomic mass is 35.5. The molecule has 0 atom stereocenters. The van der Waals surface area contributed by atoms with Crippen molar-refractivity contribution >= 4 is 17.5 Å². The number of carbonyl (C=O) groups is 1. The number of rotatable bonds is 8. The molecule has 4 nitrogen and oxygen atoms in total. The Labute approximate surface area is 112 Å². The fourth-order valence-electron chi connectivity index (χ4n) is 1.44. The summed E-state index contributed by atoms with van der Waals surface area (Å²) in [5, 5.41) is 3.85. The highest BCUT2D eigenvalue weighted by Crippen LogP contribution is 2.25. The number of ether oxygens (including phenoxy) is 1. The van der Waals surface area contributed by atoms with Gasteiger partial charge in [-0.2, -0.15) is 0 Å². The van der Waals surface area contributed by atoms with Gasteiger partial charge in [0.25, 0.3) is 0 Å². The summed E-state index contributed by atoms with van der Waals surface area (Å²) in [4.78, 5) is 10.6. The van der Waals surface area contributed by atoms with E-state index in [9.17, 15) is 4.79 Å². The van der Waals surface area contributed by atoms with Crippen LogP contribution in [0.25, 0.3) is 0 Å². The van der Waals surface area contributed by atoms with Crippen molar-refractivity contribution in [3.8, 4) is 5.75 Å². The maximum absolute atomic E-state index is 10.6. The Morgan fingerprint density at radius 1 is 1.50 bits per heavy atom. The molecule has 1 rings (SSSR count). The van der Waals surface area contributed by atoms with E-state index in [-0.39, 0.29) is 18.9 Å². The van der Waals surface area contributed by atoms with Crippen molar-refractivity contribution in [3.05, 3.63) is 28.8 Å². The van der Waals surface area contributed by atoms with Crippen molar-refractivity contribution in [2.45, 2.75) is 26.3 Å². The first-order valence-corrected chi connectivity index (χ1v) is 6.41. The average molecular weight is 271 g/mol. The van der Waals surface area contributed by atoms with Crippen LogP contribution in [0.3, 0.4) is 0 Å². The molecule has 0 bridgehead atoms. The molecule has 0 radical (unpaired) electrons. The van der Waals surface area contributed by atoms with Gasteiger partial charge in [-0.15, -0.1) is 0 Å². The zero-order valence-electron chi connectivity index (χ0n) is 10.5. The number of benzene rings is 1. The third-order valence-electron chi connectivity index (χ3n) is 2.36. The molecule has 0 saturated carbocycles. The van der Waals surface area contributed by atoms with Crippen molar-refractivity contribution < 1.29 is 9.53 Å². The highest BCUT2D eigenvalue weighted by Gasteiger charge is 2.04. The molecule has 18 heavy (non-hydrogen) atoms. The van der Waals surface area contributed by atoms with Gasteiger partial charge in [-0.3, -0.25) is 4.79 Å². The Kier molecular flexibility index (Phi) is 6.54. The molecule has 1 amide bonds. The smallest absolute Gasteiger partial charge is 0.220 e. The summed E-state index contributed by atoms with van der Waals surface area (Å²) >= 11 is 6.09. The first-order chi connectivity index (χ1) is 8.63. The first kappa shape index (κ1) is 14.8. The summed E-state index contributed by atoms with van der Waals surface area (Å²) in [7, 11) is 0. The standard InChI is InChI=1S/C13H19ClN2O2/c1-2-6-16-9-10-3-4-12(11(14)8-10)18-7-5-13(15)17/h3-4,8,16H,2,5-7,9H2,1H3,(H2,15,17). The van der Waals surface area contributed by atoms with Crippen LogP contribution in [0, 0.1) is 0 Å². The van der Waals surface area contributed by atoms with Crippen LogP contribution < -0.4 is 15.8 Å². The second-order valence-corrected chi connectivity index (χ2v) is 4.41. The minimum absolute atomic E-state index is 0.191. The van der Waals surface area contributed by atoms with E-state index >= 15 is 0 Å². The molecule has 1 aromatic rings. The van der Waals surface area contributed by atoms with E-state index in [1.165, 1.54) is 0 Å². The number of hydrogen-bond acceptors (Lipinski definition) is 3.